The number of benzene rings is 2. The molecule has 0 saturated heterocycles. The minimum Gasteiger partial charge on any atom is -0.497 e. The quantitative estimate of drug-likeness (QED) is 0.566. The van der Waals surface area contributed by atoms with Crippen LogP contribution in [0, 0.1) is 6.92 Å². The molecule has 0 spiro atoms. The Labute approximate surface area is 175 Å². The first kappa shape index (κ1) is 21.5. The van der Waals surface area contributed by atoms with Crippen LogP contribution >= 0.6 is 11.3 Å². The van der Waals surface area contributed by atoms with Crippen molar-refractivity contribution in [2.45, 2.75) is 21.3 Å². The molecule has 0 aliphatic rings. The van der Waals surface area contributed by atoms with Crippen LogP contribution in [0.4, 0.5) is 0 Å². The third kappa shape index (κ3) is 4.69. The molecule has 0 amide bonds. The third-order valence-electron chi connectivity index (χ3n) is 4.45. The molecule has 0 aliphatic heterocycles. The summed E-state index contributed by atoms with van der Waals surface area (Å²) in [6, 6.07) is 16.4. The Morgan fingerprint density at radius 2 is 1.72 bits per heavy atom. The van der Waals surface area contributed by atoms with Gasteiger partial charge in [-0.25, -0.2) is 21.6 Å². The first-order valence-corrected chi connectivity index (χ1v) is 12.6. The Hall–Kier alpha value is -2.20. The Bertz CT molecular complexity index is 1170. The van der Waals surface area contributed by atoms with Crippen LogP contribution in [0.5, 0.6) is 5.75 Å². The molecule has 1 heterocycles. The first-order valence-electron chi connectivity index (χ1n) is 8.72. The summed E-state index contributed by atoms with van der Waals surface area (Å²) in [7, 11) is -6.18. The maximum atomic E-state index is 13.2. The monoisotopic (exact) mass is 451 g/mol. The third-order valence-corrected chi connectivity index (χ3v) is 9.57. The molecule has 0 radical (unpaired) electrons. The van der Waals surface area contributed by atoms with Crippen molar-refractivity contribution in [1.29, 1.82) is 0 Å². The van der Waals surface area contributed by atoms with Gasteiger partial charge < -0.3 is 4.74 Å². The Kier molecular flexibility index (Phi) is 6.42. The van der Waals surface area contributed by atoms with Gasteiger partial charge in [0, 0.05) is 6.54 Å². The highest BCUT2D eigenvalue weighted by molar-refractivity contribution is 7.93. The molecule has 3 rings (SSSR count). The van der Waals surface area contributed by atoms with Gasteiger partial charge in [0.2, 0.25) is 10.0 Å². The first-order chi connectivity index (χ1) is 13.8. The molecule has 1 atom stereocenters. The average Bonchev–Trinajstić information content (AvgIpc) is 3.24. The Morgan fingerprint density at radius 1 is 1.00 bits per heavy atom. The van der Waals surface area contributed by atoms with Gasteiger partial charge in [-0.3, -0.25) is 0 Å². The van der Waals surface area contributed by atoms with Crippen molar-refractivity contribution < 1.29 is 21.6 Å². The van der Waals surface area contributed by atoms with E-state index in [4.69, 9.17) is 4.74 Å². The fourth-order valence-corrected chi connectivity index (χ4v) is 7.20. The van der Waals surface area contributed by atoms with E-state index in [0.29, 0.717) is 16.9 Å². The molecule has 29 heavy (non-hydrogen) atoms. The van der Waals surface area contributed by atoms with Gasteiger partial charge in [0.15, 0.2) is 9.84 Å². The molecule has 154 valence electrons. The second-order valence-electron chi connectivity index (χ2n) is 6.36. The van der Waals surface area contributed by atoms with E-state index in [2.05, 4.69) is 4.72 Å². The molecule has 2 aromatic carbocycles. The van der Waals surface area contributed by atoms with Crippen molar-refractivity contribution in [3.8, 4) is 5.75 Å². The van der Waals surface area contributed by atoms with Gasteiger partial charge >= 0.3 is 0 Å². The van der Waals surface area contributed by atoms with E-state index in [0.717, 1.165) is 11.3 Å². The largest absolute Gasteiger partial charge is 0.497 e. The molecule has 0 aliphatic carbocycles. The number of aryl methyl sites for hydroxylation is 1. The molecule has 1 N–H and O–H groups in total. The zero-order chi connectivity index (χ0) is 21.1. The van der Waals surface area contributed by atoms with Gasteiger partial charge in [0.05, 0.1) is 12.0 Å². The van der Waals surface area contributed by atoms with Crippen LogP contribution in [-0.2, 0) is 19.9 Å². The van der Waals surface area contributed by atoms with E-state index in [1.807, 2.05) is 0 Å². The van der Waals surface area contributed by atoms with E-state index in [1.165, 1.54) is 19.2 Å². The number of ether oxygens (including phenoxy) is 1. The molecule has 3 aromatic rings. The van der Waals surface area contributed by atoms with Crippen LogP contribution in [0.25, 0.3) is 0 Å². The summed E-state index contributed by atoms with van der Waals surface area (Å²) in [5, 5.41) is 0.635. The van der Waals surface area contributed by atoms with Crippen LogP contribution in [-0.4, -0.2) is 30.5 Å². The highest BCUT2D eigenvalue weighted by atomic mass is 32.2. The van der Waals surface area contributed by atoms with Gasteiger partial charge in [0.25, 0.3) is 0 Å². The van der Waals surface area contributed by atoms with E-state index in [-0.39, 0.29) is 15.6 Å². The summed E-state index contributed by atoms with van der Waals surface area (Å²) < 4.78 is 59.8. The van der Waals surface area contributed by atoms with Crippen molar-refractivity contribution in [3.63, 3.8) is 0 Å². The highest BCUT2D eigenvalue weighted by Gasteiger charge is 2.31. The Morgan fingerprint density at radius 3 is 2.31 bits per heavy atom. The standard InChI is InChI=1S/C20H21NO5S3/c1-15-13-17(26-2)10-11-18(15)29(24,25)21-14-19(16-7-4-3-5-8-16)28(22,23)20-9-6-12-27-20/h3-13,19,21H,14H2,1-2H3. The summed E-state index contributed by atoms with van der Waals surface area (Å²) in [6.45, 7) is 1.38. The predicted molar refractivity (Wildman–Crippen MR) is 114 cm³/mol. The number of methoxy groups -OCH3 is 1. The van der Waals surface area contributed by atoms with Crippen molar-refractivity contribution >= 4 is 31.2 Å². The molecule has 6 nitrogen and oxygen atoms in total. The molecular formula is C20H21NO5S3. The average molecular weight is 452 g/mol. The number of nitrogens with one attached hydrogen (secondary N) is 1. The molecule has 1 aromatic heterocycles. The number of sulfonamides is 1. The summed E-state index contributed by atoms with van der Waals surface area (Å²) in [5.74, 6) is 0.545. The number of hydrogen-bond acceptors (Lipinski definition) is 6. The lowest BCUT2D eigenvalue weighted by Crippen LogP contribution is -2.32. The molecule has 0 fully saturated rings. The fraction of sp³-hybridized carbons (Fsp3) is 0.200. The fourth-order valence-electron chi connectivity index (χ4n) is 2.95. The normalized spacial score (nSPS) is 13.2. The highest BCUT2D eigenvalue weighted by Crippen LogP contribution is 2.31. The zero-order valence-electron chi connectivity index (χ0n) is 15.9. The van der Waals surface area contributed by atoms with Gasteiger partial charge in [-0.05, 0) is 47.7 Å². The van der Waals surface area contributed by atoms with Crippen molar-refractivity contribution in [2.24, 2.45) is 0 Å². The van der Waals surface area contributed by atoms with Crippen LogP contribution in [0.1, 0.15) is 16.4 Å². The maximum Gasteiger partial charge on any atom is 0.240 e. The van der Waals surface area contributed by atoms with Crippen molar-refractivity contribution in [3.05, 3.63) is 77.2 Å². The van der Waals surface area contributed by atoms with E-state index >= 15 is 0 Å². The van der Waals surface area contributed by atoms with Crippen LogP contribution in [0.3, 0.4) is 0 Å². The summed E-state index contributed by atoms with van der Waals surface area (Å²) in [5.41, 5.74) is 1.03. The summed E-state index contributed by atoms with van der Waals surface area (Å²) >= 11 is 1.11. The minimum absolute atomic E-state index is 0.0821. The molecule has 0 bridgehead atoms. The van der Waals surface area contributed by atoms with E-state index in [9.17, 15) is 16.8 Å². The lowest BCUT2D eigenvalue weighted by molar-refractivity contribution is 0.414. The van der Waals surface area contributed by atoms with Crippen LogP contribution in [0.15, 0.2) is 75.1 Å². The number of rotatable bonds is 8. The zero-order valence-corrected chi connectivity index (χ0v) is 18.4. The maximum absolute atomic E-state index is 13.2. The smallest absolute Gasteiger partial charge is 0.240 e. The molecular weight excluding hydrogens is 430 g/mol. The summed E-state index contributed by atoms with van der Waals surface area (Å²) in [6.07, 6.45) is 0. The van der Waals surface area contributed by atoms with Crippen LogP contribution in [0.2, 0.25) is 0 Å². The van der Waals surface area contributed by atoms with Gasteiger partial charge in [0.1, 0.15) is 15.2 Å². The number of sulfone groups is 1. The lowest BCUT2D eigenvalue weighted by Gasteiger charge is -2.19. The second-order valence-corrected chi connectivity index (χ2v) is 11.4. The van der Waals surface area contributed by atoms with E-state index in [1.54, 1.807) is 60.8 Å². The Balaban J connectivity index is 1.93. The van der Waals surface area contributed by atoms with E-state index < -0.39 is 25.1 Å². The molecule has 9 heteroatoms. The lowest BCUT2D eigenvalue weighted by atomic mass is 10.1. The van der Waals surface area contributed by atoms with Gasteiger partial charge in [-0.15, -0.1) is 11.3 Å². The van der Waals surface area contributed by atoms with Crippen molar-refractivity contribution in [1.82, 2.24) is 4.72 Å². The second kappa shape index (κ2) is 8.66. The van der Waals surface area contributed by atoms with Gasteiger partial charge in [-0.1, -0.05) is 36.4 Å². The van der Waals surface area contributed by atoms with Crippen LogP contribution < -0.4 is 9.46 Å². The number of thiophene rings is 1. The minimum atomic E-state index is -3.91. The molecule has 1 unspecified atom stereocenters. The number of hydrogen-bond donors (Lipinski definition) is 1. The SMILES string of the molecule is COc1ccc(S(=O)(=O)NCC(c2ccccc2)S(=O)(=O)c2cccs2)c(C)c1. The predicted octanol–water partition coefficient (Wildman–Crippen LogP) is 3.56. The molecule has 0 saturated carbocycles. The summed E-state index contributed by atoms with van der Waals surface area (Å²) in [4.78, 5) is 0.0821. The van der Waals surface area contributed by atoms with Gasteiger partial charge in [-0.2, -0.15) is 0 Å². The van der Waals surface area contributed by atoms with Crippen molar-refractivity contribution in [2.75, 3.05) is 13.7 Å². The topological polar surface area (TPSA) is 89.5 Å².